The van der Waals surface area contributed by atoms with Crippen LogP contribution in [0.25, 0.3) is 21.8 Å². The van der Waals surface area contributed by atoms with Crippen molar-refractivity contribution in [2.45, 2.75) is 40.2 Å². The standard InChI is InChI=1S/C27H27NO3/c1-4-28-24-12-8-19(26(30)14-5-17(2)3)15-22(24)23-16-20(9-13-25(23)28)27(31)18-6-10-21(29)11-7-18/h6-13,15-17,29H,4-5,14H2,1-3H3. The van der Waals surface area contributed by atoms with Gasteiger partial charge in [0.1, 0.15) is 5.75 Å². The Morgan fingerprint density at radius 3 is 1.97 bits per heavy atom. The van der Waals surface area contributed by atoms with Gasteiger partial charge in [-0.05, 0) is 79.9 Å². The minimum absolute atomic E-state index is 0.0940. The van der Waals surface area contributed by atoms with E-state index in [1.54, 1.807) is 12.1 Å². The minimum Gasteiger partial charge on any atom is -0.508 e. The molecule has 3 aromatic carbocycles. The lowest BCUT2D eigenvalue weighted by Gasteiger charge is -2.05. The number of benzene rings is 3. The van der Waals surface area contributed by atoms with E-state index in [2.05, 4.69) is 25.3 Å². The summed E-state index contributed by atoms with van der Waals surface area (Å²) in [7, 11) is 0. The van der Waals surface area contributed by atoms with E-state index in [1.165, 1.54) is 12.1 Å². The molecule has 1 N–H and O–H groups in total. The Morgan fingerprint density at radius 2 is 1.39 bits per heavy atom. The fourth-order valence-electron chi connectivity index (χ4n) is 4.10. The number of rotatable bonds is 7. The zero-order chi connectivity index (χ0) is 22.1. The number of fused-ring (bicyclic) bond motifs is 3. The van der Waals surface area contributed by atoms with E-state index in [9.17, 15) is 14.7 Å². The van der Waals surface area contributed by atoms with Crippen LogP contribution in [0, 0.1) is 5.92 Å². The topological polar surface area (TPSA) is 59.3 Å². The Bertz CT molecular complexity index is 1280. The highest BCUT2D eigenvalue weighted by molar-refractivity contribution is 6.15. The monoisotopic (exact) mass is 413 g/mol. The van der Waals surface area contributed by atoms with E-state index in [1.807, 2.05) is 36.4 Å². The maximum Gasteiger partial charge on any atom is 0.193 e. The Hall–Kier alpha value is -3.40. The molecule has 0 saturated carbocycles. The molecule has 0 spiro atoms. The van der Waals surface area contributed by atoms with Gasteiger partial charge in [0.25, 0.3) is 0 Å². The van der Waals surface area contributed by atoms with Crippen molar-refractivity contribution < 1.29 is 14.7 Å². The molecular weight excluding hydrogens is 386 g/mol. The molecule has 1 heterocycles. The second-order valence-corrected chi connectivity index (χ2v) is 8.44. The number of hydrogen-bond donors (Lipinski definition) is 1. The van der Waals surface area contributed by atoms with Crippen LogP contribution in [0.3, 0.4) is 0 Å². The number of aromatic nitrogens is 1. The fraction of sp³-hybridized carbons (Fsp3) is 0.259. The molecule has 158 valence electrons. The van der Waals surface area contributed by atoms with Crippen molar-refractivity contribution in [1.29, 1.82) is 0 Å². The van der Waals surface area contributed by atoms with Gasteiger partial charge in [0.15, 0.2) is 11.6 Å². The smallest absolute Gasteiger partial charge is 0.193 e. The predicted octanol–water partition coefficient (Wildman–Crippen LogP) is 6.37. The number of nitrogens with zero attached hydrogens (tertiary/aromatic N) is 1. The normalized spacial score (nSPS) is 11.5. The van der Waals surface area contributed by atoms with Gasteiger partial charge in [-0.1, -0.05) is 13.8 Å². The van der Waals surface area contributed by atoms with Crippen molar-refractivity contribution in [2.24, 2.45) is 5.92 Å². The molecule has 4 rings (SSSR count). The van der Waals surface area contributed by atoms with Gasteiger partial charge < -0.3 is 9.67 Å². The highest BCUT2D eigenvalue weighted by Crippen LogP contribution is 2.32. The van der Waals surface area contributed by atoms with E-state index in [0.717, 1.165) is 40.3 Å². The molecule has 0 atom stereocenters. The summed E-state index contributed by atoms with van der Waals surface area (Å²) in [6.45, 7) is 7.14. The van der Waals surface area contributed by atoms with E-state index in [0.29, 0.717) is 23.5 Å². The third-order valence-electron chi connectivity index (χ3n) is 5.84. The van der Waals surface area contributed by atoms with Crippen molar-refractivity contribution in [3.8, 4) is 5.75 Å². The van der Waals surface area contributed by atoms with Crippen molar-refractivity contribution >= 4 is 33.4 Å². The minimum atomic E-state index is -0.0940. The number of carbonyl (C=O) groups is 2. The van der Waals surface area contributed by atoms with Crippen LogP contribution in [0.4, 0.5) is 0 Å². The highest BCUT2D eigenvalue weighted by Gasteiger charge is 2.16. The molecular formula is C27H27NO3. The lowest BCUT2D eigenvalue weighted by molar-refractivity contribution is 0.0974. The van der Waals surface area contributed by atoms with Crippen molar-refractivity contribution in [3.05, 3.63) is 77.4 Å². The number of Topliss-reactive ketones (excluding diaryl/α,β-unsaturated/α-hetero) is 1. The maximum absolute atomic E-state index is 13.0. The molecule has 0 fully saturated rings. The SMILES string of the molecule is CCn1c2ccc(C(=O)CCC(C)C)cc2c2cc(C(=O)c3ccc(O)cc3)ccc21. The van der Waals surface area contributed by atoms with Gasteiger partial charge in [0.2, 0.25) is 0 Å². The molecule has 31 heavy (non-hydrogen) atoms. The average molecular weight is 414 g/mol. The third-order valence-corrected chi connectivity index (χ3v) is 5.84. The van der Waals surface area contributed by atoms with Crippen molar-refractivity contribution in [2.75, 3.05) is 0 Å². The molecule has 0 amide bonds. The first-order chi connectivity index (χ1) is 14.9. The molecule has 0 saturated heterocycles. The zero-order valence-electron chi connectivity index (χ0n) is 18.2. The van der Waals surface area contributed by atoms with Crippen LogP contribution in [0.15, 0.2) is 60.7 Å². The zero-order valence-corrected chi connectivity index (χ0v) is 18.2. The number of aromatic hydroxyl groups is 1. The Balaban J connectivity index is 1.81. The second kappa shape index (κ2) is 8.38. The van der Waals surface area contributed by atoms with Gasteiger partial charge in [-0.3, -0.25) is 9.59 Å². The number of ketones is 2. The van der Waals surface area contributed by atoms with E-state index < -0.39 is 0 Å². The molecule has 4 nitrogen and oxygen atoms in total. The van der Waals surface area contributed by atoms with Gasteiger partial charge in [0, 0.05) is 51.5 Å². The summed E-state index contributed by atoms with van der Waals surface area (Å²) in [4.78, 5) is 25.7. The van der Waals surface area contributed by atoms with Crippen LogP contribution < -0.4 is 0 Å². The van der Waals surface area contributed by atoms with Gasteiger partial charge >= 0.3 is 0 Å². The lowest BCUT2D eigenvalue weighted by atomic mass is 9.98. The number of phenols is 1. The number of aryl methyl sites for hydroxylation is 1. The molecule has 0 radical (unpaired) electrons. The molecule has 0 bridgehead atoms. The lowest BCUT2D eigenvalue weighted by Crippen LogP contribution is -2.01. The van der Waals surface area contributed by atoms with Gasteiger partial charge in [-0.25, -0.2) is 0 Å². The quantitative estimate of drug-likeness (QED) is 0.358. The second-order valence-electron chi connectivity index (χ2n) is 8.44. The van der Waals surface area contributed by atoms with Crippen molar-refractivity contribution in [1.82, 2.24) is 4.57 Å². The van der Waals surface area contributed by atoms with Crippen LogP contribution in [-0.4, -0.2) is 21.2 Å². The Labute approximate surface area is 182 Å². The van der Waals surface area contributed by atoms with Gasteiger partial charge in [-0.2, -0.15) is 0 Å². The Morgan fingerprint density at radius 1 is 0.839 bits per heavy atom. The predicted molar refractivity (Wildman–Crippen MR) is 125 cm³/mol. The number of phenolic OH excluding ortho intramolecular Hbond substituents is 1. The molecule has 4 heteroatoms. The summed E-state index contributed by atoms with van der Waals surface area (Å²) in [6, 6.07) is 17.9. The largest absolute Gasteiger partial charge is 0.508 e. The summed E-state index contributed by atoms with van der Waals surface area (Å²) in [5.41, 5.74) is 3.95. The molecule has 0 aliphatic rings. The first-order valence-electron chi connectivity index (χ1n) is 10.8. The van der Waals surface area contributed by atoms with Crippen LogP contribution in [-0.2, 0) is 6.54 Å². The van der Waals surface area contributed by atoms with E-state index >= 15 is 0 Å². The Kier molecular flexibility index (Phi) is 5.64. The average Bonchev–Trinajstić information content (AvgIpc) is 3.09. The molecule has 0 aliphatic carbocycles. The summed E-state index contributed by atoms with van der Waals surface area (Å²) in [5, 5.41) is 11.5. The molecule has 0 aliphatic heterocycles. The summed E-state index contributed by atoms with van der Waals surface area (Å²) >= 11 is 0. The molecule has 0 unspecified atom stereocenters. The third kappa shape index (κ3) is 3.98. The number of carbonyl (C=O) groups excluding carboxylic acids is 2. The van der Waals surface area contributed by atoms with Crippen molar-refractivity contribution in [3.63, 3.8) is 0 Å². The van der Waals surface area contributed by atoms with Crippen LogP contribution in [0.1, 0.15) is 59.9 Å². The van der Waals surface area contributed by atoms with Crippen LogP contribution in [0.2, 0.25) is 0 Å². The van der Waals surface area contributed by atoms with Crippen LogP contribution in [0.5, 0.6) is 5.75 Å². The van der Waals surface area contributed by atoms with Crippen LogP contribution >= 0.6 is 0 Å². The van der Waals surface area contributed by atoms with E-state index in [4.69, 9.17) is 0 Å². The summed E-state index contributed by atoms with van der Waals surface area (Å²) in [5.74, 6) is 0.684. The molecule has 4 aromatic rings. The first kappa shape index (κ1) is 20.9. The van der Waals surface area contributed by atoms with Gasteiger partial charge in [0.05, 0.1) is 0 Å². The maximum atomic E-state index is 13.0. The highest BCUT2D eigenvalue weighted by atomic mass is 16.3. The number of hydrogen-bond acceptors (Lipinski definition) is 3. The fourth-order valence-corrected chi connectivity index (χ4v) is 4.10. The van der Waals surface area contributed by atoms with Gasteiger partial charge in [-0.15, -0.1) is 0 Å². The first-order valence-corrected chi connectivity index (χ1v) is 10.8. The summed E-state index contributed by atoms with van der Waals surface area (Å²) in [6.07, 6.45) is 1.42. The van der Waals surface area contributed by atoms with E-state index in [-0.39, 0.29) is 17.3 Å². The molecule has 1 aromatic heterocycles. The summed E-state index contributed by atoms with van der Waals surface area (Å²) < 4.78 is 2.21.